The maximum atomic E-state index is 9.11. The summed E-state index contributed by atoms with van der Waals surface area (Å²) in [6, 6.07) is 11.8. The van der Waals surface area contributed by atoms with Crippen molar-refractivity contribution in [1.29, 1.82) is 5.26 Å². The van der Waals surface area contributed by atoms with Crippen LogP contribution in [0.3, 0.4) is 0 Å². The van der Waals surface area contributed by atoms with Crippen molar-refractivity contribution in [1.82, 2.24) is 9.97 Å². The number of thioether (sulfide) groups is 1. The number of nitrogens with zero attached hydrogens (tertiary/aromatic N) is 3. The van der Waals surface area contributed by atoms with Gasteiger partial charge in [-0.2, -0.15) is 5.26 Å². The highest BCUT2D eigenvalue weighted by Gasteiger charge is 2.13. The van der Waals surface area contributed by atoms with E-state index in [1.807, 2.05) is 42.7 Å². The van der Waals surface area contributed by atoms with Crippen LogP contribution in [0.2, 0.25) is 5.15 Å². The summed E-state index contributed by atoms with van der Waals surface area (Å²) in [6.07, 6.45) is 1.87. The van der Waals surface area contributed by atoms with E-state index in [0.29, 0.717) is 15.7 Å². The number of hydrogen-bond donors (Lipinski definition) is 0. The van der Waals surface area contributed by atoms with Gasteiger partial charge in [0.2, 0.25) is 0 Å². The molecule has 0 spiro atoms. The summed E-state index contributed by atoms with van der Waals surface area (Å²) in [7, 11) is 0. The third kappa shape index (κ3) is 2.96. The molecule has 0 amide bonds. The van der Waals surface area contributed by atoms with Crippen LogP contribution in [0.5, 0.6) is 0 Å². The Morgan fingerprint density at radius 1 is 1.22 bits per heavy atom. The number of nitriles is 1. The Hall–Kier alpha value is -1.22. The summed E-state index contributed by atoms with van der Waals surface area (Å²) in [5, 5.41) is 10.5. The van der Waals surface area contributed by atoms with E-state index >= 15 is 0 Å². The van der Waals surface area contributed by atoms with Crippen LogP contribution >= 0.6 is 35.1 Å². The number of hydrogen-bond acceptors (Lipinski definition) is 5. The number of benzene rings is 1. The Morgan fingerprint density at radius 2 is 1.94 bits per heavy atom. The first-order valence-electron chi connectivity index (χ1n) is 4.99. The summed E-state index contributed by atoms with van der Waals surface area (Å²) < 4.78 is 0. The van der Waals surface area contributed by atoms with Crippen LogP contribution in [0.4, 0.5) is 0 Å². The highest BCUT2D eigenvalue weighted by molar-refractivity contribution is 7.99. The molecule has 6 heteroatoms. The summed E-state index contributed by atoms with van der Waals surface area (Å²) in [5.74, 6) is 0. The molecule has 0 aliphatic heterocycles. The minimum atomic E-state index is 0.204. The second-order valence-electron chi connectivity index (χ2n) is 3.21. The molecule has 0 atom stereocenters. The molecule has 0 saturated heterocycles. The second kappa shape index (κ2) is 6.10. The molecule has 0 fully saturated rings. The van der Waals surface area contributed by atoms with Crippen molar-refractivity contribution in [2.75, 3.05) is 6.26 Å². The van der Waals surface area contributed by atoms with Gasteiger partial charge in [-0.3, -0.25) is 0 Å². The molecule has 2 aromatic rings. The van der Waals surface area contributed by atoms with Gasteiger partial charge in [-0.15, -0.1) is 0 Å². The Morgan fingerprint density at radius 3 is 2.56 bits per heavy atom. The zero-order valence-electron chi connectivity index (χ0n) is 9.42. The first-order chi connectivity index (χ1) is 8.74. The molecule has 0 radical (unpaired) electrons. The topological polar surface area (TPSA) is 49.6 Å². The van der Waals surface area contributed by atoms with Crippen LogP contribution in [0.1, 0.15) is 5.56 Å². The zero-order valence-corrected chi connectivity index (χ0v) is 11.8. The standard InChI is InChI=1S/C12H8ClN3S2/c1-17-12-15-10(13)9(7-14)11(16-12)18-8-5-3-2-4-6-8/h2-6H,1H3. The van der Waals surface area contributed by atoms with Crippen LogP contribution in [0.25, 0.3) is 0 Å². The van der Waals surface area contributed by atoms with E-state index in [1.165, 1.54) is 23.5 Å². The maximum Gasteiger partial charge on any atom is 0.189 e. The second-order valence-corrected chi connectivity index (χ2v) is 5.40. The lowest BCUT2D eigenvalue weighted by molar-refractivity contribution is 0.884. The minimum absolute atomic E-state index is 0.204. The van der Waals surface area contributed by atoms with Crippen molar-refractivity contribution in [2.45, 2.75) is 15.1 Å². The van der Waals surface area contributed by atoms with Crippen LogP contribution in [0.15, 0.2) is 45.4 Å². The molecule has 2 rings (SSSR count). The van der Waals surface area contributed by atoms with Gasteiger partial charge in [0.1, 0.15) is 16.7 Å². The summed E-state index contributed by atoms with van der Waals surface area (Å²) in [6.45, 7) is 0. The molecule has 0 unspecified atom stereocenters. The molecule has 18 heavy (non-hydrogen) atoms. The van der Waals surface area contributed by atoms with Crippen LogP contribution in [0, 0.1) is 11.3 Å². The summed E-state index contributed by atoms with van der Waals surface area (Å²) in [5.41, 5.74) is 0.323. The minimum Gasteiger partial charge on any atom is -0.214 e. The first kappa shape index (κ1) is 13.2. The van der Waals surface area contributed by atoms with Crippen molar-refractivity contribution in [3.63, 3.8) is 0 Å². The molecule has 0 saturated carbocycles. The van der Waals surface area contributed by atoms with Crippen molar-refractivity contribution < 1.29 is 0 Å². The van der Waals surface area contributed by atoms with Gasteiger partial charge >= 0.3 is 0 Å². The molecule has 3 nitrogen and oxygen atoms in total. The monoisotopic (exact) mass is 293 g/mol. The quantitative estimate of drug-likeness (QED) is 0.488. The fourth-order valence-electron chi connectivity index (χ4n) is 1.26. The Labute approximate surface area is 119 Å². The number of halogens is 1. The lowest BCUT2D eigenvalue weighted by atomic mass is 10.4. The van der Waals surface area contributed by atoms with Crippen molar-refractivity contribution in [2.24, 2.45) is 0 Å². The van der Waals surface area contributed by atoms with E-state index in [2.05, 4.69) is 9.97 Å². The lowest BCUT2D eigenvalue weighted by Gasteiger charge is -2.05. The van der Waals surface area contributed by atoms with Crippen LogP contribution in [-0.4, -0.2) is 16.2 Å². The van der Waals surface area contributed by atoms with Gasteiger partial charge in [0.15, 0.2) is 10.3 Å². The fourth-order valence-corrected chi connectivity index (χ4v) is 2.89. The Balaban J connectivity index is 2.43. The SMILES string of the molecule is CSc1nc(Cl)c(C#N)c(Sc2ccccc2)n1. The van der Waals surface area contributed by atoms with Crippen LogP contribution < -0.4 is 0 Å². The van der Waals surface area contributed by atoms with E-state index in [9.17, 15) is 0 Å². The number of rotatable bonds is 3. The highest BCUT2D eigenvalue weighted by Crippen LogP contribution is 2.32. The highest BCUT2D eigenvalue weighted by atomic mass is 35.5. The van der Waals surface area contributed by atoms with Crippen molar-refractivity contribution in [3.8, 4) is 6.07 Å². The molecule has 1 aromatic heterocycles. The van der Waals surface area contributed by atoms with Gasteiger partial charge < -0.3 is 0 Å². The van der Waals surface area contributed by atoms with Crippen molar-refractivity contribution >= 4 is 35.1 Å². The van der Waals surface area contributed by atoms with E-state index in [4.69, 9.17) is 16.9 Å². The molecular weight excluding hydrogens is 286 g/mol. The largest absolute Gasteiger partial charge is 0.214 e. The molecule has 90 valence electrons. The molecule has 0 bridgehead atoms. The molecule has 0 aliphatic carbocycles. The number of aromatic nitrogens is 2. The average Bonchev–Trinajstić information content (AvgIpc) is 2.39. The van der Waals surface area contributed by atoms with Crippen LogP contribution in [-0.2, 0) is 0 Å². The third-order valence-electron chi connectivity index (χ3n) is 2.06. The Bertz CT molecular complexity index is 596. The van der Waals surface area contributed by atoms with Gasteiger partial charge in [0, 0.05) is 4.90 Å². The fraction of sp³-hybridized carbons (Fsp3) is 0.0833. The molecule has 0 aliphatic rings. The van der Waals surface area contributed by atoms with E-state index in [0.717, 1.165) is 4.90 Å². The predicted octanol–water partition coefficient (Wildman–Crippen LogP) is 3.87. The van der Waals surface area contributed by atoms with E-state index in [-0.39, 0.29) is 5.15 Å². The van der Waals surface area contributed by atoms with E-state index in [1.54, 1.807) is 0 Å². The molecule has 0 N–H and O–H groups in total. The van der Waals surface area contributed by atoms with Crippen molar-refractivity contribution in [3.05, 3.63) is 41.0 Å². The first-order valence-corrected chi connectivity index (χ1v) is 7.41. The summed E-state index contributed by atoms with van der Waals surface area (Å²) >= 11 is 8.79. The zero-order chi connectivity index (χ0) is 13.0. The maximum absolute atomic E-state index is 9.11. The van der Waals surface area contributed by atoms with Gasteiger partial charge in [0.05, 0.1) is 0 Å². The van der Waals surface area contributed by atoms with Gasteiger partial charge in [0.25, 0.3) is 0 Å². The van der Waals surface area contributed by atoms with Gasteiger partial charge in [-0.25, -0.2) is 9.97 Å². The van der Waals surface area contributed by atoms with Gasteiger partial charge in [-0.05, 0) is 18.4 Å². The normalized spacial score (nSPS) is 10.1. The average molecular weight is 294 g/mol. The lowest BCUT2D eigenvalue weighted by Crippen LogP contribution is -1.95. The smallest absolute Gasteiger partial charge is 0.189 e. The Kier molecular flexibility index (Phi) is 4.48. The summed E-state index contributed by atoms with van der Waals surface area (Å²) in [4.78, 5) is 9.38. The molecular formula is C12H8ClN3S2. The predicted molar refractivity (Wildman–Crippen MR) is 74.1 cm³/mol. The molecule has 1 aromatic carbocycles. The third-order valence-corrected chi connectivity index (χ3v) is 3.88. The van der Waals surface area contributed by atoms with Gasteiger partial charge in [-0.1, -0.05) is 53.3 Å². The molecule has 1 heterocycles. The van der Waals surface area contributed by atoms with E-state index < -0.39 is 0 Å².